The second kappa shape index (κ2) is 5.32. The summed E-state index contributed by atoms with van der Waals surface area (Å²) in [5, 5.41) is 0. The van der Waals surface area contributed by atoms with Crippen molar-refractivity contribution in [3.8, 4) is 0 Å². The number of hydrogen-bond acceptors (Lipinski definition) is 3. The topological polar surface area (TPSA) is 24.3 Å². The summed E-state index contributed by atoms with van der Waals surface area (Å²) >= 11 is 0. The van der Waals surface area contributed by atoms with E-state index in [0.717, 1.165) is 25.6 Å². The normalized spacial score (nSPS) is 23.3. The summed E-state index contributed by atoms with van der Waals surface area (Å²) in [6.45, 7) is 5.75. The Balaban J connectivity index is 1.50. The summed E-state index contributed by atoms with van der Waals surface area (Å²) in [6.07, 6.45) is 6.51. The van der Waals surface area contributed by atoms with Crippen LogP contribution in [0.4, 0.5) is 0 Å². The zero-order chi connectivity index (χ0) is 15.4. The number of benzene rings is 1. The predicted octanol–water partition coefficient (Wildman–Crippen LogP) is 2.43. The van der Waals surface area contributed by atoms with Gasteiger partial charge in [-0.15, -0.1) is 0 Å². The van der Waals surface area contributed by atoms with E-state index in [1.807, 2.05) is 0 Å². The molecule has 0 N–H and O–H groups in total. The van der Waals surface area contributed by atoms with Gasteiger partial charge in [0.05, 0.1) is 11.0 Å². The molecule has 1 aromatic heterocycles. The monoisotopic (exact) mass is 310 g/mol. The van der Waals surface area contributed by atoms with Gasteiger partial charge in [-0.3, -0.25) is 4.90 Å². The molecule has 2 aliphatic heterocycles. The molecule has 122 valence electrons. The van der Waals surface area contributed by atoms with Gasteiger partial charge in [0.1, 0.15) is 5.82 Å². The Morgan fingerprint density at radius 1 is 1.00 bits per heavy atom. The largest absolute Gasteiger partial charge is 0.327 e. The molecule has 23 heavy (non-hydrogen) atoms. The summed E-state index contributed by atoms with van der Waals surface area (Å²) in [7, 11) is 2.22. The van der Waals surface area contributed by atoms with Crippen LogP contribution in [0.25, 0.3) is 11.0 Å². The summed E-state index contributed by atoms with van der Waals surface area (Å²) in [5.41, 5.74) is 5.61. The van der Waals surface area contributed by atoms with Crippen molar-refractivity contribution in [2.75, 3.05) is 26.7 Å². The van der Waals surface area contributed by atoms with E-state index in [-0.39, 0.29) is 0 Å². The van der Waals surface area contributed by atoms with Crippen LogP contribution in [0.5, 0.6) is 0 Å². The van der Waals surface area contributed by atoms with E-state index in [2.05, 4.69) is 33.5 Å². The molecule has 4 heteroatoms. The third-order valence-corrected chi connectivity index (χ3v) is 6.18. The fourth-order valence-corrected chi connectivity index (χ4v) is 4.51. The molecule has 1 saturated carbocycles. The molecule has 0 amide bonds. The highest BCUT2D eigenvalue weighted by Gasteiger charge is 2.27. The molecule has 0 unspecified atom stereocenters. The summed E-state index contributed by atoms with van der Waals surface area (Å²) in [4.78, 5) is 10.1. The first-order valence-electron chi connectivity index (χ1n) is 9.21. The lowest BCUT2D eigenvalue weighted by Gasteiger charge is -2.36. The van der Waals surface area contributed by atoms with Crippen molar-refractivity contribution < 1.29 is 0 Å². The number of fused-ring (bicyclic) bond motifs is 4. The molecule has 4 nitrogen and oxygen atoms in total. The first-order chi connectivity index (χ1) is 11.3. The van der Waals surface area contributed by atoms with E-state index in [1.165, 1.54) is 73.3 Å². The van der Waals surface area contributed by atoms with Crippen LogP contribution in [-0.4, -0.2) is 52.1 Å². The van der Waals surface area contributed by atoms with Crippen molar-refractivity contribution in [2.24, 2.45) is 0 Å². The van der Waals surface area contributed by atoms with Crippen molar-refractivity contribution in [1.29, 1.82) is 0 Å². The molecule has 1 aromatic carbocycles. The van der Waals surface area contributed by atoms with Gasteiger partial charge < -0.3 is 9.47 Å². The second-order valence-corrected chi connectivity index (χ2v) is 7.65. The van der Waals surface area contributed by atoms with E-state index >= 15 is 0 Å². The molecule has 1 aliphatic carbocycles. The zero-order valence-corrected chi connectivity index (χ0v) is 14.1. The number of rotatable bonds is 1. The summed E-state index contributed by atoms with van der Waals surface area (Å²) in [6, 6.07) is 5.64. The maximum absolute atomic E-state index is 5.00. The number of likely N-dealkylation sites (N-methyl/N-ethyl adjacent to an activating group) is 1. The van der Waals surface area contributed by atoms with Crippen LogP contribution in [0.15, 0.2) is 12.1 Å². The molecule has 0 bridgehead atoms. The van der Waals surface area contributed by atoms with Gasteiger partial charge in [-0.25, -0.2) is 4.98 Å². The molecular weight excluding hydrogens is 284 g/mol. The Morgan fingerprint density at radius 3 is 2.74 bits per heavy atom. The number of aromatic nitrogens is 2. The Bertz CT molecular complexity index is 743. The fraction of sp³-hybridized carbons (Fsp3) is 0.632. The van der Waals surface area contributed by atoms with Crippen molar-refractivity contribution in [3.63, 3.8) is 0 Å². The number of hydrogen-bond donors (Lipinski definition) is 0. The molecule has 5 rings (SSSR count). The van der Waals surface area contributed by atoms with Gasteiger partial charge in [0.15, 0.2) is 0 Å². The summed E-state index contributed by atoms with van der Waals surface area (Å²) < 4.78 is 2.50. The van der Waals surface area contributed by atoms with Gasteiger partial charge in [0, 0.05) is 45.2 Å². The Morgan fingerprint density at radius 2 is 1.91 bits per heavy atom. The lowest BCUT2D eigenvalue weighted by Crippen LogP contribution is -2.41. The van der Waals surface area contributed by atoms with Crippen LogP contribution in [0.2, 0.25) is 0 Å². The van der Waals surface area contributed by atoms with Gasteiger partial charge in [-0.1, -0.05) is 6.42 Å². The maximum atomic E-state index is 5.00. The minimum Gasteiger partial charge on any atom is -0.327 e. The Hall–Kier alpha value is -1.39. The van der Waals surface area contributed by atoms with Crippen LogP contribution in [0, 0.1) is 0 Å². The second-order valence-electron chi connectivity index (χ2n) is 7.65. The smallest absolute Gasteiger partial charge is 0.111 e. The van der Waals surface area contributed by atoms with Gasteiger partial charge in [-0.05, 0) is 49.6 Å². The maximum Gasteiger partial charge on any atom is 0.111 e. The van der Waals surface area contributed by atoms with Crippen LogP contribution >= 0.6 is 0 Å². The van der Waals surface area contributed by atoms with Gasteiger partial charge in [-0.2, -0.15) is 0 Å². The molecule has 0 atom stereocenters. The fourth-order valence-electron chi connectivity index (χ4n) is 4.51. The average molecular weight is 310 g/mol. The van der Waals surface area contributed by atoms with Crippen molar-refractivity contribution in [2.45, 2.75) is 51.2 Å². The van der Waals surface area contributed by atoms with E-state index in [0.29, 0.717) is 0 Å². The lowest BCUT2D eigenvalue weighted by molar-refractivity contribution is 0.130. The average Bonchev–Trinajstić information content (AvgIpc) is 2.69. The minimum absolute atomic E-state index is 0.854. The van der Waals surface area contributed by atoms with Crippen LogP contribution in [-0.2, 0) is 25.9 Å². The highest BCUT2D eigenvalue weighted by Crippen LogP contribution is 2.29. The molecule has 0 spiro atoms. The van der Waals surface area contributed by atoms with E-state index in [1.54, 1.807) is 0 Å². The molecule has 0 saturated heterocycles. The van der Waals surface area contributed by atoms with Gasteiger partial charge in [0.2, 0.25) is 0 Å². The van der Waals surface area contributed by atoms with Crippen LogP contribution in [0.1, 0.15) is 36.2 Å². The lowest BCUT2D eigenvalue weighted by atomic mass is 9.91. The molecule has 3 aliphatic rings. The molecule has 1 fully saturated rings. The van der Waals surface area contributed by atoms with E-state index in [4.69, 9.17) is 4.98 Å². The summed E-state index contributed by atoms with van der Waals surface area (Å²) in [5.74, 6) is 1.30. The van der Waals surface area contributed by atoms with Gasteiger partial charge >= 0.3 is 0 Å². The SMILES string of the molecule is CN1CCc2cc3nc4n(c3cc2C1)CCN(C1CCC1)CC4. The highest BCUT2D eigenvalue weighted by molar-refractivity contribution is 5.78. The standard InChI is InChI=1S/C19H26N4/c1-21-7-5-14-11-17-18(12-15(14)13-21)23-10-9-22(16-3-2-4-16)8-6-19(23)20-17/h11-12,16H,2-10,13H2,1H3. The number of imidazole rings is 1. The Labute approximate surface area is 138 Å². The van der Waals surface area contributed by atoms with Crippen molar-refractivity contribution >= 4 is 11.0 Å². The zero-order valence-electron chi connectivity index (χ0n) is 14.1. The number of nitrogens with zero attached hydrogens (tertiary/aromatic N) is 4. The third-order valence-electron chi connectivity index (χ3n) is 6.18. The van der Waals surface area contributed by atoms with Crippen LogP contribution < -0.4 is 0 Å². The first-order valence-corrected chi connectivity index (χ1v) is 9.21. The highest BCUT2D eigenvalue weighted by atomic mass is 15.2. The van der Waals surface area contributed by atoms with E-state index < -0.39 is 0 Å². The van der Waals surface area contributed by atoms with E-state index in [9.17, 15) is 0 Å². The first kappa shape index (κ1) is 14.0. The van der Waals surface area contributed by atoms with Crippen molar-refractivity contribution in [3.05, 3.63) is 29.1 Å². The van der Waals surface area contributed by atoms with Crippen molar-refractivity contribution in [1.82, 2.24) is 19.4 Å². The Kier molecular flexibility index (Phi) is 3.24. The predicted molar refractivity (Wildman–Crippen MR) is 92.7 cm³/mol. The molecule has 3 heterocycles. The quantitative estimate of drug-likeness (QED) is 0.808. The third kappa shape index (κ3) is 2.31. The molecular formula is C19H26N4. The van der Waals surface area contributed by atoms with Gasteiger partial charge in [0.25, 0.3) is 0 Å². The van der Waals surface area contributed by atoms with Crippen LogP contribution in [0.3, 0.4) is 0 Å². The molecule has 2 aromatic rings. The minimum atomic E-state index is 0.854. The molecule has 0 radical (unpaired) electrons.